The van der Waals surface area contributed by atoms with Gasteiger partial charge >= 0.3 is 0 Å². The standard InChI is InChI=1S/C21H19ClN2O.C2H6O/c1-13-10-11-14(12-17(13)22)23-21(25)20-15-6-2-4-8-18(15)24-19-9-5-3-7-16(19)20;1-2-3/h2,4,6,8,10-12H,3,5,7,9H2,1H3,(H,23,25);3H,2H2,1H3. The number of nitrogens with zero attached hydrogens (tertiary/aromatic N) is 1. The van der Waals surface area contributed by atoms with Crippen molar-refractivity contribution < 1.29 is 9.90 Å². The summed E-state index contributed by atoms with van der Waals surface area (Å²) in [7, 11) is 0. The summed E-state index contributed by atoms with van der Waals surface area (Å²) in [5.74, 6) is -0.0864. The molecule has 28 heavy (non-hydrogen) atoms. The molecular weight excluding hydrogens is 372 g/mol. The third kappa shape index (κ3) is 4.34. The number of fused-ring (bicyclic) bond motifs is 2. The van der Waals surface area contributed by atoms with E-state index in [0.29, 0.717) is 10.7 Å². The molecule has 3 aromatic rings. The van der Waals surface area contributed by atoms with Gasteiger partial charge < -0.3 is 10.4 Å². The Labute approximate surface area is 170 Å². The average molecular weight is 397 g/mol. The van der Waals surface area contributed by atoms with Gasteiger partial charge in [-0.15, -0.1) is 0 Å². The summed E-state index contributed by atoms with van der Waals surface area (Å²) in [6.45, 7) is 3.88. The van der Waals surface area contributed by atoms with Crippen molar-refractivity contribution in [1.29, 1.82) is 0 Å². The van der Waals surface area contributed by atoms with Gasteiger partial charge in [0.1, 0.15) is 0 Å². The van der Waals surface area contributed by atoms with Gasteiger partial charge in [-0.05, 0) is 68.9 Å². The zero-order chi connectivity index (χ0) is 20.1. The van der Waals surface area contributed by atoms with E-state index < -0.39 is 0 Å². The van der Waals surface area contributed by atoms with E-state index in [9.17, 15) is 4.79 Å². The highest BCUT2D eigenvalue weighted by Gasteiger charge is 2.22. The van der Waals surface area contributed by atoms with Crippen molar-refractivity contribution >= 4 is 34.1 Å². The van der Waals surface area contributed by atoms with E-state index in [4.69, 9.17) is 21.7 Å². The van der Waals surface area contributed by atoms with Gasteiger partial charge in [0.05, 0.1) is 11.1 Å². The number of halogens is 1. The molecule has 1 aliphatic carbocycles. The van der Waals surface area contributed by atoms with Crippen LogP contribution in [0.25, 0.3) is 10.9 Å². The van der Waals surface area contributed by atoms with Crippen molar-refractivity contribution in [2.45, 2.75) is 39.5 Å². The average Bonchev–Trinajstić information content (AvgIpc) is 2.69. The molecular formula is C23H25ClN2O2. The second kappa shape index (κ2) is 9.18. The molecule has 4 nitrogen and oxygen atoms in total. The Hall–Kier alpha value is -2.43. The first kappa shape index (κ1) is 20.3. The lowest BCUT2D eigenvalue weighted by Crippen LogP contribution is -2.19. The molecule has 146 valence electrons. The molecule has 0 radical (unpaired) electrons. The summed E-state index contributed by atoms with van der Waals surface area (Å²) < 4.78 is 0. The molecule has 0 fully saturated rings. The summed E-state index contributed by atoms with van der Waals surface area (Å²) in [5.41, 5.74) is 5.52. The third-order valence-corrected chi connectivity index (χ3v) is 5.23. The fourth-order valence-corrected chi connectivity index (χ4v) is 3.68. The lowest BCUT2D eigenvalue weighted by atomic mass is 9.89. The largest absolute Gasteiger partial charge is 0.397 e. The molecule has 1 aromatic heterocycles. The number of hydrogen-bond donors (Lipinski definition) is 2. The molecule has 1 heterocycles. The number of anilines is 1. The molecule has 2 N–H and O–H groups in total. The summed E-state index contributed by atoms with van der Waals surface area (Å²) >= 11 is 6.19. The van der Waals surface area contributed by atoms with Crippen molar-refractivity contribution in [3.63, 3.8) is 0 Å². The Bertz CT molecular complexity index is 1000. The van der Waals surface area contributed by atoms with E-state index in [1.165, 1.54) is 0 Å². The lowest BCUT2D eigenvalue weighted by molar-refractivity contribution is 0.102. The van der Waals surface area contributed by atoms with Crippen LogP contribution in [-0.2, 0) is 12.8 Å². The van der Waals surface area contributed by atoms with E-state index in [0.717, 1.165) is 59.0 Å². The van der Waals surface area contributed by atoms with Crippen LogP contribution in [0.15, 0.2) is 42.5 Å². The van der Waals surface area contributed by atoms with Gasteiger partial charge in [0, 0.05) is 28.4 Å². The number of nitrogens with one attached hydrogen (secondary N) is 1. The van der Waals surface area contributed by atoms with Gasteiger partial charge in [-0.1, -0.05) is 35.9 Å². The van der Waals surface area contributed by atoms with E-state index in [-0.39, 0.29) is 12.5 Å². The van der Waals surface area contributed by atoms with Crippen molar-refractivity contribution in [2.75, 3.05) is 11.9 Å². The first-order chi connectivity index (χ1) is 13.5. The highest BCUT2D eigenvalue weighted by atomic mass is 35.5. The Balaban J connectivity index is 0.000000706. The summed E-state index contributed by atoms with van der Waals surface area (Å²) in [5, 5.41) is 12.2. The number of aryl methyl sites for hydroxylation is 2. The fourth-order valence-electron chi connectivity index (χ4n) is 3.50. The van der Waals surface area contributed by atoms with Gasteiger partial charge in [0.2, 0.25) is 0 Å². The number of aliphatic hydroxyl groups is 1. The SMILES string of the molecule is CCO.Cc1ccc(NC(=O)c2c3c(nc4ccccc24)CCCC3)cc1Cl. The maximum absolute atomic E-state index is 13.1. The van der Waals surface area contributed by atoms with Crippen molar-refractivity contribution in [1.82, 2.24) is 4.98 Å². The van der Waals surface area contributed by atoms with Crippen LogP contribution in [0.2, 0.25) is 5.02 Å². The Morgan fingerprint density at radius 1 is 1.18 bits per heavy atom. The van der Waals surface area contributed by atoms with Crippen LogP contribution in [-0.4, -0.2) is 22.6 Å². The number of para-hydroxylation sites is 1. The highest BCUT2D eigenvalue weighted by Crippen LogP contribution is 2.30. The Morgan fingerprint density at radius 3 is 2.64 bits per heavy atom. The molecule has 0 spiro atoms. The second-order valence-corrected chi connectivity index (χ2v) is 7.28. The molecule has 1 aliphatic rings. The topological polar surface area (TPSA) is 62.2 Å². The van der Waals surface area contributed by atoms with E-state index in [1.807, 2.05) is 43.3 Å². The number of pyridine rings is 1. The number of carbonyl (C=O) groups excluding carboxylic acids is 1. The van der Waals surface area contributed by atoms with Gasteiger partial charge in [-0.2, -0.15) is 0 Å². The third-order valence-electron chi connectivity index (χ3n) is 4.83. The predicted molar refractivity (Wildman–Crippen MR) is 115 cm³/mol. The molecule has 0 saturated heterocycles. The first-order valence-electron chi connectivity index (χ1n) is 9.64. The smallest absolute Gasteiger partial charge is 0.256 e. The predicted octanol–water partition coefficient (Wildman–Crippen LogP) is 5.33. The number of aromatic nitrogens is 1. The Kier molecular flexibility index (Phi) is 6.65. The molecule has 0 saturated carbocycles. The lowest BCUT2D eigenvalue weighted by Gasteiger charge is -2.20. The van der Waals surface area contributed by atoms with Gasteiger partial charge in [-0.25, -0.2) is 0 Å². The minimum atomic E-state index is -0.0864. The maximum atomic E-state index is 13.1. The zero-order valence-electron chi connectivity index (χ0n) is 16.3. The molecule has 5 heteroatoms. The second-order valence-electron chi connectivity index (χ2n) is 6.87. The minimum absolute atomic E-state index is 0.0864. The van der Waals surface area contributed by atoms with Crippen LogP contribution in [0.1, 0.15) is 46.9 Å². The van der Waals surface area contributed by atoms with Crippen molar-refractivity contribution in [3.8, 4) is 0 Å². The highest BCUT2D eigenvalue weighted by molar-refractivity contribution is 6.31. The van der Waals surface area contributed by atoms with Gasteiger partial charge in [0.25, 0.3) is 5.91 Å². The number of aliphatic hydroxyl groups excluding tert-OH is 1. The van der Waals surface area contributed by atoms with E-state index >= 15 is 0 Å². The normalized spacial score (nSPS) is 12.7. The monoisotopic (exact) mass is 396 g/mol. The summed E-state index contributed by atoms with van der Waals surface area (Å²) in [6, 6.07) is 13.5. The zero-order valence-corrected chi connectivity index (χ0v) is 17.0. The quantitative estimate of drug-likeness (QED) is 0.615. The van der Waals surface area contributed by atoms with Crippen LogP contribution in [0, 0.1) is 6.92 Å². The maximum Gasteiger partial charge on any atom is 0.256 e. The molecule has 0 aliphatic heterocycles. The number of benzene rings is 2. The van der Waals surface area contributed by atoms with Crippen molar-refractivity contribution in [3.05, 3.63) is 69.9 Å². The number of carbonyl (C=O) groups is 1. The van der Waals surface area contributed by atoms with Crippen LogP contribution in [0.3, 0.4) is 0 Å². The fraction of sp³-hybridized carbons (Fsp3) is 0.304. The minimum Gasteiger partial charge on any atom is -0.397 e. The van der Waals surface area contributed by atoms with Crippen LogP contribution < -0.4 is 5.32 Å². The van der Waals surface area contributed by atoms with Crippen LogP contribution in [0.5, 0.6) is 0 Å². The summed E-state index contributed by atoms with van der Waals surface area (Å²) in [4.78, 5) is 17.9. The van der Waals surface area contributed by atoms with Crippen LogP contribution in [0.4, 0.5) is 5.69 Å². The molecule has 4 rings (SSSR count). The van der Waals surface area contributed by atoms with E-state index in [1.54, 1.807) is 13.0 Å². The molecule has 2 aromatic carbocycles. The Morgan fingerprint density at radius 2 is 1.89 bits per heavy atom. The molecule has 0 bridgehead atoms. The molecule has 0 atom stereocenters. The molecule has 0 unspecified atom stereocenters. The molecule has 1 amide bonds. The first-order valence-corrected chi connectivity index (χ1v) is 10.0. The number of hydrogen-bond acceptors (Lipinski definition) is 3. The van der Waals surface area contributed by atoms with E-state index in [2.05, 4.69) is 5.32 Å². The summed E-state index contributed by atoms with van der Waals surface area (Å²) in [6.07, 6.45) is 4.08. The van der Waals surface area contributed by atoms with Gasteiger partial charge in [-0.3, -0.25) is 9.78 Å². The van der Waals surface area contributed by atoms with Gasteiger partial charge in [0.15, 0.2) is 0 Å². The van der Waals surface area contributed by atoms with Crippen LogP contribution >= 0.6 is 11.6 Å². The number of rotatable bonds is 2. The van der Waals surface area contributed by atoms with Crippen molar-refractivity contribution in [2.24, 2.45) is 0 Å². The number of amides is 1.